The van der Waals surface area contributed by atoms with Gasteiger partial charge in [-0.3, -0.25) is 4.79 Å². The summed E-state index contributed by atoms with van der Waals surface area (Å²) in [6.45, 7) is 3.75. The molecule has 110 valence electrons. The molecule has 2 rings (SSSR count). The molecule has 1 aromatic carbocycles. The van der Waals surface area contributed by atoms with Crippen LogP contribution in [0.3, 0.4) is 0 Å². The third kappa shape index (κ3) is 4.10. The Kier molecular flexibility index (Phi) is 5.23. The van der Waals surface area contributed by atoms with Gasteiger partial charge in [-0.1, -0.05) is 11.6 Å². The third-order valence-corrected chi connectivity index (χ3v) is 3.58. The van der Waals surface area contributed by atoms with Crippen molar-refractivity contribution in [3.63, 3.8) is 0 Å². The monoisotopic (exact) mass is 298 g/mol. The normalized spacial score (nSPS) is 19.8. The predicted molar refractivity (Wildman–Crippen MR) is 78.8 cm³/mol. The van der Waals surface area contributed by atoms with Crippen LogP contribution in [0.4, 0.5) is 11.4 Å². The summed E-state index contributed by atoms with van der Waals surface area (Å²) in [5, 5.41) is 3.22. The summed E-state index contributed by atoms with van der Waals surface area (Å²) in [4.78, 5) is 12.0. The van der Waals surface area contributed by atoms with Crippen molar-refractivity contribution in [2.75, 3.05) is 30.9 Å². The number of nitrogens with one attached hydrogen (secondary N) is 1. The zero-order valence-corrected chi connectivity index (χ0v) is 12.2. The molecule has 2 atom stereocenters. The fourth-order valence-electron chi connectivity index (χ4n) is 1.94. The van der Waals surface area contributed by atoms with Crippen LogP contribution >= 0.6 is 11.6 Å². The maximum atomic E-state index is 12.0. The fraction of sp³-hybridized carbons (Fsp3) is 0.500. The Morgan fingerprint density at radius 2 is 2.45 bits per heavy atom. The molecular formula is C14H19ClN2O3. The van der Waals surface area contributed by atoms with Crippen LogP contribution in [0, 0.1) is 5.92 Å². The van der Waals surface area contributed by atoms with Gasteiger partial charge in [0.05, 0.1) is 23.9 Å². The molecule has 0 saturated carbocycles. The lowest BCUT2D eigenvalue weighted by atomic mass is 10.1. The van der Waals surface area contributed by atoms with Crippen LogP contribution in [0.25, 0.3) is 0 Å². The van der Waals surface area contributed by atoms with Crippen molar-refractivity contribution in [3.8, 4) is 0 Å². The van der Waals surface area contributed by atoms with E-state index in [-0.39, 0.29) is 5.91 Å². The number of amides is 1. The van der Waals surface area contributed by atoms with Gasteiger partial charge in [-0.05, 0) is 31.5 Å². The molecule has 0 aliphatic carbocycles. The van der Waals surface area contributed by atoms with Crippen molar-refractivity contribution < 1.29 is 14.3 Å². The minimum Gasteiger partial charge on any atom is -0.397 e. The van der Waals surface area contributed by atoms with E-state index in [1.54, 1.807) is 25.1 Å². The van der Waals surface area contributed by atoms with Gasteiger partial charge in [-0.15, -0.1) is 0 Å². The lowest BCUT2D eigenvalue weighted by Gasteiger charge is -2.16. The quantitative estimate of drug-likeness (QED) is 0.818. The molecule has 1 aromatic rings. The van der Waals surface area contributed by atoms with E-state index in [9.17, 15) is 4.79 Å². The summed E-state index contributed by atoms with van der Waals surface area (Å²) in [7, 11) is 0. The van der Waals surface area contributed by atoms with Crippen LogP contribution in [-0.4, -0.2) is 31.8 Å². The van der Waals surface area contributed by atoms with E-state index < -0.39 is 6.10 Å². The molecule has 6 heteroatoms. The molecule has 1 heterocycles. The molecule has 3 N–H and O–H groups in total. The lowest BCUT2D eigenvalue weighted by Crippen LogP contribution is -2.29. The summed E-state index contributed by atoms with van der Waals surface area (Å²) in [6.07, 6.45) is 0.467. The number of anilines is 2. The Morgan fingerprint density at radius 3 is 3.10 bits per heavy atom. The second kappa shape index (κ2) is 6.92. The Hall–Kier alpha value is -1.30. The summed E-state index contributed by atoms with van der Waals surface area (Å²) in [6, 6.07) is 4.97. The predicted octanol–water partition coefficient (Wildman–Crippen LogP) is 2.30. The second-order valence-electron chi connectivity index (χ2n) is 4.93. The Balaban J connectivity index is 1.81. The van der Waals surface area contributed by atoms with E-state index in [4.69, 9.17) is 26.8 Å². The molecule has 2 unspecified atom stereocenters. The van der Waals surface area contributed by atoms with E-state index in [1.807, 2.05) is 0 Å². The molecule has 5 nitrogen and oxygen atoms in total. The smallest absolute Gasteiger partial charge is 0.253 e. The highest BCUT2D eigenvalue weighted by Gasteiger charge is 2.20. The number of carbonyl (C=O) groups is 1. The zero-order valence-electron chi connectivity index (χ0n) is 11.4. The van der Waals surface area contributed by atoms with E-state index in [0.29, 0.717) is 35.5 Å². The van der Waals surface area contributed by atoms with Gasteiger partial charge < -0.3 is 20.5 Å². The molecule has 1 aliphatic rings. The van der Waals surface area contributed by atoms with E-state index in [0.717, 1.165) is 13.0 Å². The highest BCUT2D eigenvalue weighted by atomic mass is 35.5. The first-order valence-corrected chi connectivity index (χ1v) is 6.99. The first-order chi connectivity index (χ1) is 9.56. The van der Waals surface area contributed by atoms with Crippen molar-refractivity contribution >= 4 is 28.9 Å². The highest BCUT2D eigenvalue weighted by Crippen LogP contribution is 2.22. The summed E-state index contributed by atoms with van der Waals surface area (Å²) >= 11 is 5.83. The number of hydrogen-bond acceptors (Lipinski definition) is 4. The minimum absolute atomic E-state index is 0.203. The topological polar surface area (TPSA) is 73.6 Å². The summed E-state index contributed by atoms with van der Waals surface area (Å²) in [5.74, 6) is 0.182. The maximum absolute atomic E-state index is 12.0. The van der Waals surface area contributed by atoms with Crippen LogP contribution in [0.5, 0.6) is 0 Å². The third-order valence-electron chi connectivity index (χ3n) is 3.24. The lowest BCUT2D eigenvalue weighted by molar-refractivity contribution is -0.127. The first-order valence-electron chi connectivity index (χ1n) is 6.61. The van der Waals surface area contributed by atoms with Crippen molar-refractivity contribution in [2.24, 2.45) is 5.92 Å². The number of nitrogens with two attached hydrogens (primary N) is 1. The Morgan fingerprint density at radius 1 is 1.65 bits per heavy atom. The second-order valence-corrected chi connectivity index (χ2v) is 5.34. The largest absolute Gasteiger partial charge is 0.397 e. The van der Waals surface area contributed by atoms with Gasteiger partial charge in [0, 0.05) is 18.2 Å². The SMILES string of the molecule is CC(OCC1CCOC1)C(=O)Nc1ccc(Cl)c(N)c1. The number of rotatable bonds is 5. The zero-order chi connectivity index (χ0) is 14.5. The van der Waals surface area contributed by atoms with Crippen LogP contribution in [0.1, 0.15) is 13.3 Å². The van der Waals surface area contributed by atoms with Crippen molar-refractivity contribution in [1.82, 2.24) is 0 Å². The molecule has 1 saturated heterocycles. The number of halogens is 1. The van der Waals surface area contributed by atoms with Crippen molar-refractivity contribution in [2.45, 2.75) is 19.4 Å². The highest BCUT2D eigenvalue weighted by molar-refractivity contribution is 6.33. The van der Waals surface area contributed by atoms with Crippen LogP contribution in [0.15, 0.2) is 18.2 Å². The van der Waals surface area contributed by atoms with Gasteiger partial charge in [0.15, 0.2) is 0 Å². The van der Waals surface area contributed by atoms with Gasteiger partial charge in [-0.2, -0.15) is 0 Å². The van der Waals surface area contributed by atoms with Crippen molar-refractivity contribution in [1.29, 1.82) is 0 Å². The molecule has 1 fully saturated rings. The average molecular weight is 299 g/mol. The van der Waals surface area contributed by atoms with Crippen LogP contribution < -0.4 is 11.1 Å². The maximum Gasteiger partial charge on any atom is 0.253 e. The van der Waals surface area contributed by atoms with Gasteiger partial charge in [0.1, 0.15) is 6.10 Å². The molecule has 20 heavy (non-hydrogen) atoms. The van der Waals surface area contributed by atoms with Gasteiger partial charge >= 0.3 is 0 Å². The van der Waals surface area contributed by atoms with Crippen molar-refractivity contribution in [3.05, 3.63) is 23.2 Å². The molecule has 0 bridgehead atoms. The summed E-state index contributed by atoms with van der Waals surface area (Å²) < 4.78 is 10.8. The number of hydrogen-bond donors (Lipinski definition) is 2. The molecule has 0 aromatic heterocycles. The molecule has 0 radical (unpaired) electrons. The van der Waals surface area contributed by atoms with Crippen LogP contribution in [-0.2, 0) is 14.3 Å². The average Bonchev–Trinajstić information content (AvgIpc) is 2.93. The standard InChI is InChI=1S/C14H19ClN2O3/c1-9(20-8-10-4-5-19-7-10)14(18)17-11-2-3-12(15)13(16)6-11/h2-3,6,9-10H,4-5,7-8,16H2,1H3,(H,17,18). The van der Waals surface area contributed by atoms with Gasteiger partial charge in [-0.25, -0.2) is 0 Å². The van der Waals surface area contributed by atoms with Gasteiger partial charge in [0.25, 0.3) is 5.91 Å². The van der Waals surface area contributed by atoms with Gasteiger partial charge in [0.2, 0.25) is 0 Å². The fourth-order valence-corrected chi connectivity index (χ4v) is 2.05. The first kappa shape index (κ1) is 15.1. The number of benzene rings is 1. The molecule has 1 aliphatic heterocycles. The van der Waals surface area contributed by atoms with E-state index >= 15 is 0 Å². The number of ether oxygens (including phenoxy) is 2. The Labute approximate surface area is 123 Å². The minimum atomic E-state index is -0.521. The Bertz CT molecular complexity index is 475. The number of carbonyl (C=O) groups excluding carboxylic acids is 1. The van der Waals surface area contributed by atoms with Crippen LogP contribution in [0.2, 0.25) is 5.02 Å². The molecule has 0 spiro atoms. The van der Waals surface area contributed by atoms with E-state index in [2.05, 4.69) is 5.32 Å². The molecular weight excluding hydrogens is 280 g/mol. The summed E-state index contributed by atoms with van der Waals surface area (Å²) in [5.41, 5.74) is 6.72. The molecule has 1 amide bonds. The van der Waals surface area contributed by atoms with E-state index in [1.165, 1.54) is 0 Å². The number of nitrogen functional groups attached to an aromatic ring is 1.